The van der Waals surface area contributed by atoms with Crippen LogP contribution in [0.3, 0.4) is 0 Å². The molecule has 0 radical (unpaired) electrons. The quantitative estimate of drug-likeness (QED) is 0.577. The molecule has 0 saturated carbocycles. The van der Waals surface area contributed by atoms with Crippen LogP contribution in [0.5, 0.6) is 17.2 Å². The third-order valence-electron chi connectivity index (χ3n) is 3.97. The maximum atomic E-state index is 12.1. The maximum Gasteiger partial charge on any atom is 0.344 e. The highest BCUT2D eigenvalue weighted by Gasteiger charge is 2.20. The zero-order chi connectivity index (χ0) is 20.1. The van der Waals surface area contributed by atoms with Crippen molar-refractivity contribution in [3.63, 3.8) is 0 Å². The minimum absolute atomic E-state index is 0.0442. The normalized spacial score (nSPS) is 11.6. The van der Waals surface area contributed by atoms with Crippen molar-refractivity contribution in [2.45, 2.75) is 13.8 Å². The topological polar surface area (TPSA) is 100 Å². The van der Waals surface area contributed by atoms with Crippen LogP contribution in [-0.2, 0) is 14.3 Å². The molecule has 1 amide bonds. The minimum Gasteiger partial charge on any atom is -0.482 e. The number of anilines is 1. The number of carbonyl (C=O) groups excluding carboxylic acids is 3. The number of carbonyl (C=O) groups is 3. The van der Waals surface area contributed by atoms with E-state index in [4.69, 9.17) is 18.9 Å². The van der Waals surface area contributed by atoms with Gasteiger partial charge < -0.3 is 24.3 Å². The first-order chi connectivity index (χ1) is 13.4. The molecule has 3 rings (SSSR count). The van der Waals surface area contributed by atoms with E-state index in [2.05, 4.69) is 5.32 Å². The molecule has 1 heterocycles. The largest absolute Gasteiger partial charge is 0.482 e. The van der Waals surface area contributed by atoms with Gasteiger partial charge in [-0.05, 0) is 31.5 Å². The third-order valence-corrected chi connectivity index (χ3v) is 3.97. The smallest absolute Gasteiger partial charge is 0.344 e. The average Bonchev–Trinajstić information content (AvgIpc) is 3.12. The van der Waals surface area contributed by atoms with E-state index >= 15 is 0 Å². The van der Waals surface area contributed by atoms with Gasteiger partial charge in [0.2, 0.25) is 6.79 Å². The molecule has 0 saturated heterocycles. The van der Waals surface area contributed by atoms with Crippen LogP contribution < -0.4 is 19.5 Å². The van der Waals surface area contributed by atoms with E-state index in [-0.39, 0.29) is 30.4 Å². The molecule has 8 nitrogen and oxygen atoms in total. The van der Waals surface area contributed by atoms with Crippen molar-refractivity contribution >= 4 is 23.3 Å². The average molecular weight is 385 g/mol. The van der Waals surface area contributed by atoms with Crippen molar-refractivity contribution in [1.82, 2.24) is 0 Å². The lowest BCUT2D eigenvalue weighted by Gasteiger charge is -2.11. The van der Waals surface area contributed by atoms with Crippen molar-refractivity contribution in [1.29, 1.82) is 0 Å². The number of hydrogen-bond donors (Lipinski definition) is 1. The first kappa shape index (κ1) is 19.2. The molecule has 0 aliphatic carbocycles. The van der Waals surface area contributed by atoms with Crippen molar-refractivity contribution in [3.8, 4) is 17.2 Å². The molecule has 1 aliphatic heterocycles. The number of rotatable bonds is 7. The van der Waals surface area contributed by atoms with E-state index in [1.807, 2.05) is 19.1 Å². The second-order valence-electron chi connectivity index (χ2n) is 6.07. The predicted molar refractivity (Wildman–Crippen MR) is 98.8 cm³/mol. The highest BCUT2D eigenvalue weighted by Crippen LogP contribution is 2.37. The molecule has 2 aromatic carbocycles. The standard InChI is InChI=1S/C20H19NO7/c1-12-5-3-4-6-16(12)25-10-20(24)26-9-19(23)21-15-8-18-17(27-11-28-18)7-14(15)13(2)22/h3-8H,9-11H2,1-2H3,(H,21,23). The number of aryl methyl sites for hydroxylation is 1. The molecular weight excluding hydrogens is 366 g/mol. The second kappa shape index (κ2) is 8.43. The monoisotopic (exact) mass is 385 g/mol. The zero-order valence-corrected chi connectivity index (χ0v) is 15.4. The number of nitrogens with one attached hydrogen (secondary N) is 1. The minimum atomic E-state index is -0.684. The molecule has 0 aromatic heterocycles. The Labute approximate surface area is 161 Å². The van der Waals surface area contributed by atoms with Crippen LogP contribution in [0, 0.1) is 6.92 Å². The number of hydrogen-bond acceptors (Lipinski definition) is 7. The predicted octanol–water partition coefficient (Wildman–Crippen LogP) is 2.49. The number of ether oxygens (including phenoxy) is 4. The Balaban J connectivity index is 1.54. The fourth-order valence-electron chi connectivity index (χ4n) is 2.57. The lowest BCUT2D eigenvalue weighted by Crippen LogP contribution is -2.24. The second-order valence-corrected chi connectivity index (χ2v) is 6.07. The Morgan fingerprint density at radius 1 is 1.07 bits per heavy atom. The fraction of sp³-hybridized carbons (Fsp3) is 0.250. The van der Waals surface area contributed by atoms with E-state index in [0.29, 0.717) is 17.2 Å². The summed E-state index contributed by atoms with van der Waals surface area (Å²) in [5.41, 5.74) is 1.41. The van der Waals surface area contributed by atoms with Crippen molar-refractivity contribution < 1.29 is 33.3 Å². The Hall–Kier alpha value is -3.55. The van der Waals surface area contributed by atoms with Crippen molar-refractivity contribution in [2.24, 2.45) is 0 Å². The molecule has 0 atom stereocenters. The van der Waals surface area contributed by atoms with Crippen LogP contribution in [-0.4, -0.2) is 37.7 Å². The lowest BCUT2D eigenvalue weighted by molar-refractivity contribution is -0.149. The number of esters is 1. The van der Waals surface area contributed by atoms with Gasteiger partial charge >= 0.3 is 5.97 Å². The number of amides is 1. The van der Waals surface area contributed by atoms with Gasteiger partial charge in [-0.2, -0.15) is 0 Å². The van der Waals surface area contributed by atoms with Gasteiger partial charge in [0.15, 0.2) is 30.5 Å². The van der Waals surface area contributed by atoms with Crippen LogP contribution in [0.1, 0.15) is 22.8 Å². The zero-order valence-electron chi connectivity index (χ0n) is 15.4. The highest BCUT2D eigenvalue weighted by atomic mass is 16.7. The number of Topliss-reactive ketones (excluding diaryl/α,β-unsaturated/α-hetero) is 1. The Kier molecular flexibility index (Phi) is 5.78. The number of ketones is 1. The van der Waals surface area contributed by atoms with E-state index in [0.717, 1.165) is 5.56 Å². The summed E-state index contributed by atoms with van der Waals surface area (Å²) in [7, 11) is 0. The first-order valence-electron chi connectivity index (χ1n) is 8.52. The number of benzene rings is 2. The maximum absolute atomic E-state index is 12.1. The molecule has 2 aromatic rings. The molecule has 1 aliphatic rings. The van der Waals surface area contributed by atoms with Crippen LogP contribution in [0.25, 0.3) is 0 Å². The summed E-state index contributed by atoms with van der Waals surface area (Å²) in [6, 6.07) is 10.2. The lowest BCUT2D eigenvalue weighted by atomic mass is 10.1. The number of para-hydroxylation sites is 1. The van der Waals surface area contributed by atoms with Crippen LogP contribution in [0.15, 0.2) is 36.4 Å². The van der Waals surface area contributed by atoms with Crippen molar-refractivity contribution in [2.75, 3.05) is 25.3 Å². The van der Waals surface area contributed by atoms with E-state index < -0.39 is 18.5 Å². The van der Waals surface area contributed by atoms with Gasteiger partial charge in [-0.25, -0.2) is 4.79 Å². The molecule has 0 unspecified atom stereocenters. The van der Waals surface area contributed by atoms with Crippen LogP contribution in [0.2, 0.25) is 0 Å². The molecule has 0 fully saturated rings. The van der Waals surface area contributed by atoms with Gasteiger partial charge in [-0.1, -0.05) is 18.2 Å². The Morgan fingerprint density at radius 3 is 2.50 bits per heavy atom. The molecule has 28 heavy (non-hydrogen) atoms. The summed E-state index contributed by atoms with van der Waals surface area (Å²) < 4.78 is 20.8. The van der Waals surface area contributed by atoms with Gasteiger partial charge in [0.05, 0.1) is 5.69 Å². The summed E-state index contributed by atoms with van der Waals surface area (Å²) in [6.07, 6.45) is 0. The molecule has 8 heteroatoms. The summed E-state index contributed by atoms with van der Waals surface area (Å²) in [6.45, 7) is 2.44. The molecule has 0 bridgehead atoms. The van der Waals surface area contributed by atoms with E-state index in [1.54, 1.807) is 12.1 Å². The Morgan fingerprint density at radius 2 is 1.79 bits per heavy atom. The van der Waals surface area contributed by atoms with Gasteiger partial charge in [-0.3, -0.25) is 9.59 Å². The molecule has 0 spiro atoms. The van der Waals surface area contributed by atoms with E-state index in [9.17, 15) is 14.4 Å². The SMILES string of the molecule is CC(=O)c1cc2c(cc1NC(=O)COC(=O)COc1ccccc1C)OCO2. The van der Waals surface area contributed by atoms with Crippen molar-refractivity contribution in [3.05, 3.63) is 47.5 Å². The molecule has 146 valence electrons. The summed E-state index contributed by atoms with van der Waals surface area (Å²) in [5.74, 6) is -0.110. The molecular formula is C20H19NO7. The van der Waals surface area contributed by atoms with Crippen LogP contribution in [0.4, 0.5) is 5.69 Å². The highest BCUT2D eigenvalue weighted by molar-refractivity contribution is 6.05. The van der Waals surface area contributed by atoms with E-state index in [1.165, 1.54) is 19.1 Å². The van der Waals surface area contributed by atoms with Crippen LogP contribution >= 0.6 is 0 Å². The third kappa shape index (κ3) is 4.59. The molecule has 1 N–H and O–H groups in total. The van der Waals surface area contributed by atoms with Gasteiger partial charge in [-0.15, -0.1) is 0 Å². The summed E-state index contributed by atoms with van der Waals surface area (Å²) >= 11 is 0. The summed E-state index contributed by atoms with van der Waals surface area (Å²) in [4.78, 5) is 35.7. The number of fused-ring (bicyclic) bond motifs is 1. The van der Waals surface area contributed by atoms with Gasteiger partial charge in [0.25, 0.3) is 5.91 Å². The van der Waals surface area contributed by atoms with Gasteiger partial charge in [0, 0.05) is 11.6 Å². The van der Waals surface area contributed by atoms with Gasteiger partial charge in [0.1, 0.15) is 5.75 Å². The first-order valence-corrected chi connectivity index (χ1v) is 8.52. The summed E-state index contributed by atoms with van der Waals surface area (Å²) in [5, 5.41) is 2.55. The Bertz CT molecular complexity index is 923. The fourth-order valence-corrected chi connectivity index (χ4v) is 2.57.